The number of hydrogen-bond acceptors (Lipinski definition) is 2. The molecule has 0 saturated heterocycles. The van der Waals surface area contributed by atoms with Crippen LogP contribution in [-0.2, 0) is 4.79 Å². The second-order valence-corrected chi connectivity index (χ2v) is 5.12. The molecular formula is C13H10BrClN2O2. The maximum atomic E-state index is 10.5. The lowest BCUT2D eigenvalue weighted by Gasteiger charge is -2.02. The maximum Gasteiger partial charge on any atom is 0.328 e. The van der Waals surface area contributed by atoms with Gasteiger partial charge in [0.25, 0.3) is 0 Å². The number of hydrogen-bond donors (Lipinski definition) is 1. The summed E-state index contributed by atoms with van der Waals surface area (Å²) >= 11 is 9.59. The lowest BCUT2D eigenvalue weighted by molar-refractivity contribution is -0.131. The quantitative estimate of drug-likeness (QED) is 0.866. The van der Waals surface area contributed by atoms with Crippen LogP contribution in [0, 0.1) is 6.92 Å². The minimum Gasteiger partial charge on any atom is -0.478 e. The van der Waals surface area contributed by atoms with Crippen molar-refractivity contribution in [2.24, 2.45) is 0 Å². The minimum absolute atomic E-state index is 0.386. The van der Waals surface area contributed by atoms with Gasteiger partial charge in [-0.15, -0.1) is 0 Å². The van der Waals surface area contributed by atoms with Crippen molar-refractivity contribution in [1.82, 2.24) is 9.78 Å². The van der Waals surface area contributed by atoms with Crippen LogP contribution >= 0.6 is 27.5 Å². The number of rotatable bonds is 3. The van der Waals surface area contributed by atoms with Crippen LogP contribution in [0.25, 0.3) is 11.8 Å². The van der Waals surface area contributed by atoms with Crippen LogP contribution in [-0.4, -0.2) is 20.9 Å². The summed E-state index contributed by atoms with van der Waals surface area (Å²) in [6.45, 7) is 1.78. The van der Waals surface area contributed by atoms with E-state index in [-0.39, 0.29) is 0 Å². The summed E-state index contributed by atoms with van der Waals surface area (Å²) in [7, 11) is 0. The highest BCUT2D eigenvalue weighted by Gasteiger charge is 2.12. The average molecular weight is 342 g/mol. The molecular weight excluding hydrogens is 332 g/mol. The standard InChI is InChI=1S/C13H10BrClN2O2/c1-8-11(6-7-12(18)19)13(15)17(16-8)10-4-2-9(14)3-5-10/h2-7H,1H3,(H,18,19). The lowest BCUT2D eigenvalue weighted by Crippen LogP contribution is -1.96. The molecule has 2 aromatic rings. The molecule has 0 atom stereocenters. The molecule has 0 amide bonds. The van der Waals surface area contributed by atoms with E-state index in [4.69, 9.17) is 16.7 Å². The lowest BCUT2D eigenvalue weighted by atomic mass is 10.2. The van der Waals surface area contributed by atoms with Gasteiger partial charge in [-0.3, -0.25) is 0 Å². The van der Waals surface area contributed by atoms with Crippen LogP contribution in [0.3, 0.4) is 0 Å². The molecule has 2 rings (SSSR count). The Hall–Kier alpha value is -1.59. The first-order valence-electron chi connectivity index (χ1n) is 5.41. The Morgan fingerprint density at radius 1 is 1.42 bits per heavy atom. The average Bonchev–Trinajstić information content (AvgIpc) is 2.63. The Balaban J connectivity index is 2.46. The van der Waals surface area contributed by atoms with Crippen LogP contribution in [0.15, 0.2) is 34.8 Å². The summed E-state index contributed by atoms with van der Waals surface area (Å²) in [4.78, 5) is 10.5. The molecule has 1 N–H and O–H groups in total. The Kier molecular flexibility index (Phi) is 4.07. The van der Waals surface area contributed by atoms with Crippen molar-refractivity contribution in [3.63, 3.8) is 0 Å². The summed E-state index contributed by atoms with van der Waals surface area (Å²) in [5.74, 6) is -1.02. The third kappa shape index (κ3) is 3.05. The largest absolute Gasteiger partial charge is 0.478 e. The molecule has 0 bridgehead atoms. The van der Waals surface area contributed by atoms with Crippen LogP contribution in [0.1, 0.15) is 11.3 Å². The van der Waals surface area contributed by atoms with Crippen molar-refractivity contribution in [1.29, 1.82) is 0 Å². The molecule has 0 unspecified atom stereocenters. The van der Waals surface area contributed by atoms with Gasteiger partial charge in [0.15, 0.2) is 0 Å². The van der Waals surface area contributed by atoms with E-state index in [1.165, 1.54) is 6.08 Å². The van der Waals surface area contributed by atoms with E-state index in [1.54, 1.807) is 11.6 Å². The summed E-state index contributed by atoms with van der Waals surface area (Å²) in [6.07, 6.45) is 2.49. The van der Waals surface area contributed by atoms with Crippen LogP contribution in [0.2, 0.25) is 5.15 Å². The zero-order valence-corrected chi connectivity index (χ0v) is 12.3. The molecule has 0 radical (unpaired) electrons. The van der Waals surface area contributed by atoms with Crippen LogP contribution < -0.4 is 0 Å². The van der Waals surface area contributed by atoms with Gasteiger partial charge in [-0.05, 0) is 37.3 Å². The van der Waals surface area contributed by atoms with E-state index in [2.05, 4.69) is 21.0 Å². The number of carbonyl (C=O) groups is 1. The highest BCUT2D eigenvalue weighted by atomic mass is 79.9. The predicted molar refractivity (Wildman–Crippen MR) is 77.7 cm³/mol. The fourth-order valence-electron chi connectivity index (χ4n) is 1.61. The minimum atomic E-state index is -1.02. The monoisotopic (exact) mass is 340 g/mol. The molecule has 0 aliphatic rings. The number of aliphatic carboxylic acids is 1. The molecule has 4 nitrogen and oxygen atoms in total. The van der Waals surface area contributed by atoms with Crippen molar-refractivity contribution >= 4 is 39.6 Å². The topological polar surface area (TPSA) is 55.1 Å². The van der Waals surface area contributed by atoms with Gasteiger partial charge in [-0.25, -0.2) is 9.48 Å². The number of halogens is 2. The Labute approximate surface area is 123 Å². The number of aromatic nitrogens is 2. The summed E-state index contributed by atoms with van der Waals surface area (Å²) in [5, 5.41) is 13.3. The predicted octanol–water partition coefficient (Wildman–Crippen LogP) is 3.69. The van der Waals surface area contributed by atoms with Crippen molar-refractivity contribution in [2.45, 2.75) is 6.92 Å². The third-order valence-corrected chi connectivity index (χ3v) is 3.40. The first kappa shape index (κ1) is 13.8. The normalized spacial score (nSPS) is 11.1. The van der Waals surface area contributed by atoms with Gasteiger partial charge in [0.05, 0.1) is 11.4 Å². The Morgan fingerprint density at radius 2 is 2.05 bits per heavy atom. The molecule has 98 valence electrons. The molecule has 1 aromatic carbocycles. The van der Waals surface area contributed by atoms with Gasteiger partial charge < -0.3 is 5.11 Å². The highest BCUT2D eigenvalue weighted by Crippen LogP contribution is 2.25. The second kappa shape index (κ2) is 5.59. The van der Waals surface area contributed by atoms with Gasteiger partial charge in [0.1, 0.15) is 5.15 Å². The van der Waals surface area contributed by atoms with Crippen molar-refractivity contribution in [2.75, 3.05) is 0 Å². The fourth-order valence-corrected chi connectivity index (χ4v) is 2.21. The molecule has 0 aliphatic carbocycles. The Bertz CT molecular complexity index is 647. The van der Waals surface area contributed by atoms with Gasteiger partial charge in [0.2, 0.25) is 0 Å². The number of carboxylic acid groups (broad SMARTS) is 1. The second-order valence-electron chi connectivity index (χ2n) is 3.85. The van der Waals surface area contributed by atoms with Gasteiger partial charge in [0, 0.05) is 16.1 Å². The van der Waals surface area contributed by atoms with E-state index in [0.29, 0.717) is 16.4 Å². The molecule has 0 spiro atoms. The van der Waals surface area contributed by atoms with Crippen molar-refractivity contribution in [3.05, 3.63) is 51.2 Å². The summed E-state index contributed by atoms with van der Waals surface area (Å²) in [6, 6.07) is 7.51. The van der Waals surface area contributed by atoms with Crippen LogP contribution in [0.4, 0.5) is 0 Å². The number of aryl methyl sites for hydroxylation is 1. The molecule has 0 fully saturated rings. The summed E-state index contributed by atoms with van der Waals surface area (Å²) in [5.41, 5.74) is 2.09. The zero-order valence-electron chi connectivity index (χ0n) is 9.97. The molecule has 6 heteroatoms. The molecule has 0 aliphatic heterocycles. The smallest absolute Gasteiger partial charge is 0.328 e. The van der Waals surface area contributed by atoms with Gasteiger partial charge >= 0.3 is 5.97 Å². The SMILES string of the molecule is Cc1nn(-c2ccc(Br)cc2)c(Cl)c1C=CC(=O)O. The Morgan fingerprint density at radius 3 is 2.63 bits per heavy atom. The number of carboxylic acids is 1. The van der Waals surface area contributed by atoms with E-state index >= 15 is 0 Å². The van der Waals surface area contributed by atoms with Gasteiger partial charge in [-0.1, -0.05) is 27.5 Å². The molecule has 19 heavy (non-hydrogen) atoms. The molecule has 1 heterocycles. The maximum absolute atomic E-state index is 10.5. The fraction of sp³-hybridized carbons (Fsp3) is 0.0769. The third-order valence-electron chi connectivity index (χ3n) is 2.51. The summed E-state index contributed by atoms with van der Waals surface area (Å²) < 4.78 is 2.53. The number of nitrogens with zero attached hydrogens (tertiary/aromatic N) is 2. The van der Waals surface area contributed by atoms with E-state index in [1.807, 2.05) is 24.3 Å². The zero-order chi connectivity index (χ0) is 14.0. The van der Waals surface area contributed by atoms with Crippen LogP contribution in [0.5, 0.6) is 0 Å². The highest BCUT2D eigenvalue weighted by molar-refractivity contribution is 9.10. The van der Waals surface area contributed by atoms with E-state index in [0.717, 1.165) is 16.2 Å². The first-order valence-corrected chi connectivity index (χ1v) is 6.58. The molecule has 1 aromatic heterocycles. The molecule has 0 saturated carbocycles. The van der Waals surface area contributed by atoms with E-state index in [9.17, 15) is 4.79 Å². The van der Waals surface area contributed by atoms with Crippen molar-refractivity contribution < 1.29 is 9.90 Å². The van der Waals surface area contributed by atoms with Crippen molar-refractivity contribution in [3.8, 4) is 5.69 Å². The van der Waals surface area contributed by atoms with E-state index < -0.39 is 5.97 Å². The first-order chi connectivity index (χ1) is 8.99. The number of benzene rings is 1. The van der Waals surface area contributed by atoms with Gasteiger partial charge in [-0.2, -0.15) is 5.10 Å².